The monoisotopic (exact) mass is 448 g/mol. The van der Waals surface area contributed by atoms with Crippen LogP contribution >= 0.6 is 0 Å². The lowest BCUT2D eigenvalue weighted by Crippen LogP contribution is -2.29. The Labute approximate surface area is 192 Å². The van der Waals surface area contributed by atoms with Crippen molar-refractivity contribution < 1.29 is 23.7 Å². The van der Waals surface area contributed by atoms with Crippen molar-refractivity contribution >= 4 is 16.8 Å². The number of hydrogen-bond acceptors (Lipinski definition) is 5. The van der Waals surface area contributed by atoms with Gasteiger partial charge >= 0.3 is 0 Å². The molecule has 3 heterocycles. The van der Waals surface area contributed by atoms with Crippen LogP contribution in [-0.2, 0) is 17.8 Å². The molecule has 1 fully saturated rings. The maximum atomic E-state index is 13.3. The first kappa shape index (κ1) is 21.4. The van der Waals surface area contributed by atoms with Gasteiger partial charge in [-0.2, -0.15) is 0 Å². The zero-order chi connectivity index (χ0) is 22.6. The van der Waals surface area contributed by atoms with Crippen molar-refractivity contribution in [2.45, 2.75) is 38.5 Å². The smallest absolute Gasteiger partial charge is 0.268 e. The zero-order valence-electron chi connectivity index (χ0n) is 18.5. The van der Waals surface area contributed by atoms with Crippen LogP contribution in [0.3, 0.4) is 0 Å². The molecule has 1 unspecified atom stereocenters. The van der Waals surface area contributed by atoms with Crippen LogP contribution in [0.5, 0.6) is 17.2 Å². The molecule has 7 nitrogen and oxygen atoms in total. The number of nitrogens with one attached hydrogen (secondary N) is 1. The van der Waals surface area contributed by atoms with Crippen LogP contribution in [0.1, 0.15) is 35.3 Å². The van der Waals surface area contributed by atoms with Crippen molar-refractivity contribution in [3.8, 4) is 17.2 Å². The number of aromatic nitrogens is 1. The molecular formula is C26H28N2O5. The lowest BCUT2D eigenvalue weighted by Gasteiger charge is -2.24. The van der Waals surface area contributed by atoms with Gasteiger partial charge in [-0.25, -0.2) is 0 Å². The van der Waals surface area contributed by atoms with Crippen molar-refractivity contribution in [1.82, 2.24) is 9.88 Å². The van der Waals surface area contributed by atoms with Crippen LogP contribution in [0.2, 0.25) is 0 Å². The Balaban J connectivity index is 1.42. The molecule has 5 rings (SSSR count). The van der Waals surface area contributed by atoms with Crippen LogP contribution in [-0.4, -0.2) is 36.6 Å². The number of carbonyl (C=O) groups is 1. The fraction of sp³-hybridized carbons (Fsp3) is 0.346. The van der Waals surface area contributed by atoms with Gasteiger partial charge in [0.2, 0.25) is 6.79 Å². The fourth-order valence-corrected chi connectivity index (χ4v) is 4.40. The van der Waals surface area contributed by atoms with E-state index in [-0.39, 0.29) is 18.8 Å². The molecule has 7 heteroatoms. The quantitative estimate of drug-likeness (QED) is 0.516. The van der Waals surface area contributed by atoms with Crippen LogP contribution in [0, 0.1) is 0 Å². The summed E-state index contributed by atoms with van der Waals surface area (Å²) < 4.78 is 24.7. The highest BCUT2D eigenvalue weighted by atomic mass is 16.7. The zero-order valence-corrected chi connectivity index (χ0v) is 18.5. The van der Waals surface area contributed by atoms with Crippen LogP contribution in [0.15, 0.2) is 55.1 Å². The molecule has 2 aliphatic rings. The summed E-state index contributed by atoms with van der Waals surface area (Å²) in [5, 5.41) is 3.96. The molecule has 1 aromatic heterocycles. The van der Waals surface area contributed by atoms with Gasteiger partial charge in [0, 0.05) is 25.1 Å². The number of hydrogen-bond donors (Lipinski definition) is 1. The third-order valence-corrected chi connectivity index (χ3v) is 6.05. The van der Waals surface area contributed by atoms with Gasteiger partial charge in [0.05, 0.1) is 11.6 Å². The Hall–Kier alpha value is -3.45. The molecule has 0 aliphatic carbocycles. The van der Waals surface area contributed by atoms with E-state index in [0.29, 0.717) is 31.1 Å². The Morgan fingerprint density at radius 3 is 2.94 bits per heavy atom. The standard InChI is InChI=1S/C26H28N2O5/c1-2-11-31-23-8-5-7-21-20(23)14-22(28(21)16-19-6-3-4-12-30-19)26(29)27-15-18-9-10-24-25(13-18)33-17-32-24/h2,5,7-10,13-14,19H,1,3-4,6,11-12,15-17H2,(H,27,29). The van der Waals surface area contributed by atoms with Gasteiger partial charge in [0.25, 0.3) is 5.91 Å². The summed E-state index contributed by atoms with van der Waals surface area (Å²) in [7, 11) is 0. The summed E-state index contributed by atoms with van der Waals surface area (Å²) in [5.74, 6) is 2.02. The predicted octanol–water partition coefficient (Wildman–Crippen LogP) is 4.43. The maximum Gasteiger partial charge on any atom is 0.268 e. The van der Waals surface area contributed by atoms with E-state index in [1.165, 1.54) is 0 Å². The van der Waals surface area contributed by atoms with E-state index in [1.807, 2.05) is 42.5 Å². The van der Waals surface area contributed by atoms with E-state index < -0.39 is 0 Å². The molecule has 3 aromatic rings. The highest BCUT2D eigenvalue weighted by molar-refractivity contribution is 6.00. The van der Waals surface area contributed by atoms with Crippen LogP contribution in [0.25, 0.3) is 10.9 Å². The number of ether oxygens (including phenoxy) is 4. The Bertz CT molecular complexity index is 1160. The van der Waals surface area contributed by atoms with E-state index >= 15 is 0 Å². The minimum atomic E-state index is -0.144. The average molecular weight is 449 g/mol. The number of carbonyl (C=O) groups excluding carboxylic acids is 1. The molecule has 1 amide bonds. The molecule has 0 saturated carbocycles. The second kappa shape index (κ2) is 9.58. The molecule has 33 heavy (non-hydrogen) atoms. The number of rotatable bonds is 8. The molecule has 1 atom stereocenters. The third-order valence-electron chi connectivity index (χ3n) is 6.05. The summed E-state index contributed by atoms with van der Waals surface area (Å²) in [5.41, 5.74) is 2.49. The summed E-state index contributed by atoms with van der Waals surface area (Å²) in [4.78, 5) is 13.3. The van der Waals surface area contributed by atoms with E-state index in [1.54, 1.807) is 6.08 Å². The molecule has 0 radical (unpaired) electrons. The van der Waals surface area contributed by atoms with E-state index in [4.69, 9.17) is 18.9 Å². The van der Waals surface area contributed by atoms with Crippen molar-refractivity contribution in [2.24, 2.45) is 0 Å². The lowest BCUT2D eigenvalue weighted by molar-refractivity contribution is 0.00637. The predicted molar refractivity (Wildman–Crippen MR) is 125 cm³/mol. The molecule has 0 spiro atoms. The second-order valence-electron chi connectivity index (χ2n) is 8.29. The fourth-order valence-electron chi connectivity index (χ4n) is 4.40. The largest absolute Gasteiger partial charge is 0.489 e. The first-order valence-electron chi connectivity index (χ1n) is 11.4. The minimum Gasteiger partial charge on any atom is -0.489 e. The molecular weight excluding hydrogens is 420 g/mol. The summed E-state index contributed by atoms with van der Waals surface area (Å²) in [6.45, 7) is 6.14. The third kappa shape index (κ3) is 4.54. The van der Waals surface area contributed by atoms with Crippen LogP contribution in [0.4, 0.5) is 0 Å². The van der Waals surface area contributed by atoms with Crippen molar-refractivity contribution in [3.63, 3.8) is 0 Å². The first-order chi connectivity index (χ1) is 16.2. The van der Waals surface area contributed by atoms with E-state index in [2.05, 4.69) is 16.5 Å². The first-order valence-corrected chi connectivity index (χ1v) is 11.4. The van der Waals surface area contributed by atoms with Crippen molar-refractivity contribution in [3.05, 3.63) is 66.4 Å². The van der Waals surface area contributed by atoms with Gasteiger partial charge < -0.3 is 28.8 Å². The molecule has 172 valence electrons. The second-order valence-corrected chi connectivity index (χ2v) is 8.29. The summed E-state index contributed by atoms with van der Waals surface area (Å²) in [6.07, 6.45) is 5.02. The summed E-state index contributed by atoms with van der Waals surface area (Å²) in [6, 6.07) is 13.5. The molecule has 2 aromatic carbocycles. The average Bonchev–Trinajstić information content (AvgIpc) is 3.46. The van der Waals surface area contributed by atoms with E-state index in [9.17, 15) is 4.79 Å². The molecule has 2 aliphatic heterocycles. The number of fused-ring (bicyclic) bond motifs is 2. The van der Waals surface area contributed by atoms with Gasteiger partial charge in [-0.05, 0) is 55.2 Å². The topological polar surface area (TPSA) is 71.0 Å². The Morgan fingerprint density at radius 2 is 2.09 bits per heavy atom. The van der Waals surface area contributed by atoms with Crippen molar-refractivity contribution in [2.75, 3.05) is 20.0 Å². The van der Waals surface area contributed by atoms with E-state index in [0.717, 1.165) is 53.8 Å². The van der Waals surface area contributed by atoms with Gasteiger partial charge in [-0.15, -0.1) is 0 Å². The Morgan fingerprint density at radius 1 is 1.18 bits per heavy atom. The van der Waals surface area contributed by atoms with Crippen LogP contribution < -0.4 is 19.5 Å². The minimum absolute atomic E-state index is 0.0903. The molecule has 1 saturated heterocycles. The number of amides is 1. The Kier molecular flexibility index (Phi) is 6.21. The normalized spacial score (nSPS) is 17.2. The van der Waals surface area contributed by atoms with Gasteiger partial charge in [-0.1, -0.05) is 24.8 Å². The number of nitrogens with zero attached hydrogens (tertiary/aromatic N) is 1. The highest BCUT2D eigenvalue weighted by Crippen LogP contribution is 2.33. The lowest BCUT2D eigenvalue weighted by atomic mass is 10.1. The maximum absolute atomic E-state index is 13.3. The van der Waals surface area contributed by atoms with Gasteiger partial charge in [0.15, 0.2) is 11.5 Å². The molecule has 1 N–H and O–H groups in total. The highest BCUT2D eigenvalue weighted by Gasteiger charge is 2.22. The van der Waals surface area contributed by atoms with Gasteiger partial charge in [-0.3, -0.25) is 4.79 Å². The SMILES string of the molecule is C=CCOc1cccc2c1cc(C(=O)NCc1ccc3c(c1)OCO3)n2CC1CCCCO1. The number of benzene rings is 2. The van der Waals surface area contributed by atoms with Gasteiger partial charge in [0.1, 0.15) is 18.1 Å². The molecule has 0 bridgehead atoms. The van der Waals surface area contributed by atoms with Crippen molar-refractivity contribution in [1.29, 1.82) is 0 Å². The summed E-state index contributed by atoms with van der Waals surface area (Å²) >= 11 is 0.